The summed E-state index contributed by atoms with van der Waals surface area (Å²) in [6.45, 7) is 0.634. The molecule has 0 saturated heterocycles. The number of nitrogens with zero attached hydrogens (tertiary/aromatic N) is 1. The molecule has 5 heteroatoms. The van der Waals surface area contributed by atoms with Gasteiger partial charge in [-0.25, -0.2) is 0 Å². The van der Waals surface area contributed by atoms with Gasteiger partial charge in [0.25, 0.3) is 0 Å². The minimum absolute atomic E-state index is 0.193. The van der Waals surface area contributed by atoms with E-state index in [1.165, 1.54) is 0 Å². The second-order valence-corrected chi connectivity index (χ2v) is 3.57. The van der Waals surface area contributed by atoms with Crippen LogP contribution in [0.1, 0.15) is 5.69 Å². The maximum absolute atomic E-state index is 5.94. The molecule has 0 aliphatic carbocycles. The van der Waals surface area contributed by atoms with Crippen LogP contribution in [0.2, 0.25) is 5.02 Å². The van der Waals surface area contributed by atoms with E-state index in [0.717, 1.165) is 5.69 Å². The quantitative estimate of drug-likeness (QED) is 0.890. The fourth-order valence-corrected chi connectivity index (χ4v) is 1.39. The van der Waals surface area contributed by atoms with Gasteiger partial charge in [0.15, 0.2) is 5.75 Å². The lowest BCUT2D eigenvalue weighted by molar-refractivity contribution is 0.331. The SMILES string of the molecule is CNCc1coc(Oc2ccccc2Cl)n1. The summed E-state index contributed by atoms with van der Waals surface area (Å²) in [6.07, 6.45) is 1.74. The molecule has 84 valence electrons. The van der Waals surface area contributed by atoms with Crippen LogP contribution in [-0.4, -0.2) is 12.0 Å². The first-order valence-electron chi connectivity index (χ1n) is 4.81. The van der Waals surface area contributed by atoms with Crippen LogP contribution < -0.4 is 10.1 Å². The van der Waals surface area contributed by atoms with Crippen molar-refractivity contribution in [3.63, 3.8) is 0 Å². The van der Waals surface area contributed by atoms with Gasteiger partial charge in [-0.3, -0.25) is 0 Å². The molecule has 0 aliphatic rings. The third kappa shape index (κ3) is 2.53. The Balaban J connectivity index is 2.11. The number of oxazole rings is 1. The van der Waals surface area contributed by atoms with Gasteiger partial charge < -0.3 is 14.5 Å². The summed E-state index contributed by atoms with van der Waals surface area (Å²) in [5, 5.41) is 3.49. The molecule has 0 saturated carbocycles. The molecule has 2 aromatic rings. The first kappa shape index (κ1) is 11.0. The third-order valence-electron chi connectivity index (χ3n) is 1.92. The molecule has 1 heterocycles. The largest absolute Gasteiger partial charge is 0.417 e. The lowest BCUT2D eigenvalue weighted by Crippen LogP contribution is -2.04. The molecular formula is C11H11ClN2O2. The second-order valence-electron chi connectivity index (χ2n) is 3.17. The minimum atomic E-state index is 0.193. The van der Waals surface area contributed by atoms with Crippen molar-refractivity contribution < 1.29 is 9.15 Å². The van der Waals surface area contributed by atoms with Crippen molar-refractivity contribution >= 4 is 11.6 Å². The molecule has 16 heavy (non-hydrogen) atoms. The number of rotatable bonds is 4. The van der Waals surface area contributed by atoms with Gasteiger partial charge in [0.2, 0.25) is 0 Å². The van der Waals surface area contributed by atoms with Crippen LogP contribution in [0.15, 0.2) is 34.9 Å². The Morgan fingerprint density at radius 2 is 2.25 bits per heavy atom. The van der Waals surface area contributed by atoms with Crippen molar-refractivity contribution in [2.75, 3.05) is 7.05 Å². The summed E-state index contributed by atoms with van der Waals surface area (Å²) < 4.78 is 10.5. The lowest BCUT2D eigenvalue weighted by atomic mass is 10.3. The van der Waals surface area contributed by atoms with E-state index in [9.17, 15) is 0 Å². The van der Waals surface area contributed by atoms with Crippen LogP contribution in [0.4, 0.5) is 0 Å². The predicted octanol–water partition coefficient (Wildman–Crippen LogP) is 2.84. The van der Waals surface area contributed by atoms with Crippen LogP contribution in [0.3, 0.4) is 0 Å². The molecule has 0 bridgehead atoms. The molecule has 2 rings (SSSR count). The van der Waals surface area contributed by atoms with Crippen molar-refractivity contribution in [1.29, 1.82) is 0 Å². The Labute approximate surface area is 98.2 Å². The number of benzene rings is 1. The molecule has 1 N–H and O–H groups in total. The zero-order valence-corrected chi connectivity index (χ0v) is 9.49. The van der Waals surface area contributed by atoms with E-state index in [2.05, 4.69) is 10.3 Å². The number of para-hydroxylation sites is 1. The maximum Gasteiger partial charge on any atom is 0.399 e. The number of halogens is 1. The Morgan fingerprint density at radius 1 is 1.44 bits per heavy atom. The van der Waals surface area contributed by atoms with Crippen molar-refractivity contribution in [2.24, 2.45) is 0 Å². The topological polar surface area (TPSA) is 47.3 Å². The van der Waals surface area contributed by atoms with Crippen LogP contribution in [0, 0.1) is 0 Å². The third-order valence-corrected chi connectivity index (χ3v) is 2.23. The van der Waals surface area contributed by atoms with E-state index in [4.69, 9.17) is 20.8 Å². The first-order valence-corrected chi connectivity index (χ1v) is 5.19. The number of nitrogens with one attached hydrogen (secondary N) is 1. The van der Waals surface area contributed by atoms with Crippen LogP contribution in [0.5, 0.6) is 11.8 Å². The Bertz CT molecular complexity index is 471. The van der Waals surface area contributed by atoms with Crippen molar-refractivity contribution in [3.05, 3.63) is 41.2 Å². The number of hydrogen-bond acceptors (Lipinski definition) is 4. The zero-order chi connectivity index (χ0) is 11.4. The van der Waals surface area contributed by atoms with Crippen LogP contribution >= 0.6 is 11.6 Å². The summed E-state index contributed by atoms with van der Waals surface area (Å²) in [4.78, 5) is 4.13. The standard InChI is InChI=1S/C11H11ClN2O2/c1-13-6-8-7-15-11(14-8)16-10-5-3-2-4-9(10)12/h2-5,7,13H,6H2,1H3. The molecule has 0 spiro atoms. The van der Waals surface area contributed by atoms with Crippen LogP contribution in [-0.2, 0) is 6.54 Å². The summed E-state index contributed by atoms with van der Waals surface area (Å²) >= 11 is 5.94. The van der Waals surface area contributed by atoms with Gasteiger partial charge >= 0.3 is 6.08 Å². The van der Waals surface area contributed by atoms with Gasteiger partial charge in [-0.15, -0.1) is 0 Å². The van der Waals surface area contributed by atoms with Gasteiger partial charge in [0, 0.05) is 6.54 Å². The minimum Gasteiger partial charge on any atom is -0.417 e. The average Bonchev–Trinajstić information content (AvgIpc) is 2.70. The highest BCUT2D eigenvalue weighted by molar-refractivity contribution is 6.32. The molecule has 1 aromatic heterocycles. The number of ether oxygens (including phenoxy) is 1. The highest BCUT2D eigenvalue weighted by atomic mass is 35.5. The van der Waals surface area contributed by atoms with E-state index < -0.39 is 0 Å². The molecule has 0 aliphatic heterocycles. The molecule has 0 fully saturated rings. The highest BCUT2D eigenvalue weighted by Gasteiger charge is 2.07. The van der Waals surface area contributed by atoms with Gasteiger partial charge in [-0.1, -0.05) is 23.7 Å². The summed E-state index contributed by atoms with van der Waals surface area (Å²) in [6, 6.07) is 7.16. The van der Waals surface area contributed by atoms with Gasteiger partial charge in [-0.2, -0.15) is 4.98 Å². The average molecular weight is 239 g/mol. The van der Waals surface area contributed by atoms with Gasteiger partial charge in [0.05, 0.1) is 10.7 Å². The van der Waals surface area contributed by atoms with Crippen LogP contribution in [0.25, 0.3) is 0 Å². The first-order chi connectivity index (χ1) is 7.79. The van der Waals surface area contributed by atoms with Crippen molar-refractivity contribution in [3.8, 4) is 11.8 Å². The molecule has 0 amide bonds. The normalized spacial score (nSPS) is 10.4. The van der Waals surface area contributed by atoms with E-state index in [-0.39, 0.29) is 6.08 Å². The van der Waals surface area contributed by atoms with E-state index in [1.807, 2.05) is 19.2 Å². The molecular weight excluding hydrogens is 228 g/mol. The maximum atomic E-state index is 5.94. The monoisotopic (exact) mass is 238 g/mol. The predicted molar refractivity (Wildman–Crippen MR) is 60.8 cm³/mol. The number of hydrogen-bond donors (Lipinski definition) is 1. The van der Waals surface area contributed by atoms with E-state index >= 15 is 0 Å². The fraction of sp³-hybridized carbons (Fsp3) is 0.182. The van der Waals surface area contributed by atoms with Crippen molar-refractivity contribution in [2.45, 2.75) is 6.54 Å². The Kier molecular flexibility index (Phi) is 3.44. The fourth-order valence-electron chi connectivity index (χ4n) is 1.22. The zero-order valence-electron chi connectivity index (χ0n) is 8.74. The van der Waals surface area contributed by atoms with Gasteiger partial charge in [0.1, 0.15) is 6.26 Å². The Hall–Kier alpha value is -1.52. The Morgan fingerprint density at radius 3 is 3.00 bits per heavy atom. The molecule has 1 aromatic carbocycles. The summed E-state index contributed by atoms with van der Waals surface area (Å²) in [5.74, 6) is 0.530. The van der Waals surface area contributed by atoms with E-state index in [1.54, 1.807) is 18.4 Å². The smallest absolute Gasteiger partial charge is 0.399 e. The summed E-state index contributed by atoms with van der Waals surface area (Å²) in [5.41, 5.74) is 0.782. The highest BCUT2D eigenvalue weighted by Crippen LogP contribution is 2.28. The lowest BCUT2D eigenvalue weighted by Gasteiger charge is -2.01. The molecule has 0 atom stereocenters. The second kappa shape index (κ2) is 5.01. The van der Waals surface area contributed by atoms with E-state index in [0.29, 0.717) is 17.3 Å². The number of aromatic nitrogens is 1. The van der Waals surface area contributed by atoms with Crippen molar-refractivity contribution in [1.82, 2.24) is 10.3 Å². The summed E-state index contributed by atoms with van der Waals surface area (Å²) in [7, 11) is 1.84. The molecule has 4 nitrogen and oxygen atoms in total. The van der Waals surface area contributed by atoms with Gasteiger partial charge in [-0.05, 0) is 19.2 Å². The molecule has 0 unspecified atom stereocenters. The molecule has 0 radical (unpaired) electrons.